The zero-order valence-electron chi connectivity index (χ0n) is 11.0. The van der Waals surface area contributed by atoms with Crippen LogP contribution in [0.5, 0.6) is 0 Å². The maximum atomic E-state index is 12.5. The second-order valence-corrected chi connectivity index (χ2v) is 4.56. The lowest BCUT2D eigenvalue weighted by Crippen LogP contribution is -2.43. The first-order chi connectivity index (χ1) is 8.60. The van der Waals surface area contributed by atoms with E-state index >= 15 is 0 Å². The van der Waals surface area contributed by atoms with Gasteiger partial charge >= 0.3 is 6.18 Å². The average molecular weight is 275 g/mol. The fraction of sp³-hybridized carbons (Fsp3) is 0.500. The molecular formula is C12H16F3N3O. The monoisotopic (exact) mass is 275 g/mol. The van der Waals surface area contributed by atoms with Crippen molar-refractivity contribution >= 4 is 11.7 Å². The minimum atomic E-state index is -4.44. The summed E-state index contributed by atoms with van der Waals surface area (Å²) in [6.07, 6.45) is -4.44. The number of carbonyl (C=O) groups excluding carboxylic acids is 1. The van der Waals surface area contributed by atoms with Gasteiger partial charge in [-0.3, -0.25) is 4.79 Å². The molecular weight excluding hydrogens is 259 g/mol. The van der Waals surface area contributed by atoms with E-state index in [1.165, 1.54) is 26.0 Å². The number of halogens is 3. The molecule has 106 valence electrons. The molecule has 0 aliphatic rings. The van der Waals surface area contributed by atoms with Crippen LogP contribution < -0.4 is 5.73 Å². The summed E-state index contributed by atoms with van der Waals surface area (Å²) in [5.74, 6) is -0.594. The number of amides is 1. The number of hydrogen-bond donors (Lipinski definition) is 1. The van der Waals surface area contributed by atoms with Crippen molar-refractivity contribution in [3.63, 3.8) is 0 Å². The third kappa shape index (κ3) is 4.42. The van der Waals surface area contributed by atoms with E-state index in [9.17, 15) is 18.0 Å². The van der Waals surface area contributed by atoms with Crippen molar-refractivity contribution < 1.29 is 18.0 Å². The van der Waals surface area contributed by atoms with Gasteiger partial charge in [0.15, 0.2) is 0 Å². The van der Waals surface area contributed by atoms with Gasteiger partial charge in [0.1, 0.15) is 12.4 Å². The largest absolute Gasteiger partial charge is 0.406 e. The van der Waals surface area contributed by atoms with Crippen LogP contribution in [0.3, 0.4) is 0 Å². The van der Waals surface area contributed by atoms with Gasteiger partial charge in [-0.25, -0.2) is 4.98 Å². The summed E-state index contributed by atoms with van der Waals surface area (Å²) in [6, 6.07) is 2.13. The lowest BCUT2D eigenvalue weighted by molar-refractivity contribution is -0.143. The molecule has 1 amide bonds. The molecule has 0 saturated carbocycles. The van der Waals surface area contributed by atoms with Crippen LogP contribution in [-0.4, -0.2) is 34.6 Å². The Morgan fingerprint density at radius 1 is 1.42 bits per heavy atom. The van der Waals surface area contributed by atoms with E-state index < -0.39 is 24.7 Å². The predicted molar refractivity (Wildman–Crippen MR) is 65.6 cm³/mol. The van der Waals surface area contributed by atoms with Crippen molar-refractivity contribution in [2.75, 3.05) is 12.3 Å². The lowest BCUT2D eigenvalue weighted by atomic mass is 10.1. The van der Waals surface area contributed by atoms with E-state index in [2.05, 4.69) is 4.98 Å². The molecule has 4 nitrogen and oxygen atoms in total. The van der Waals surface area contributed by atoms with E-state index in [1.807, 2.05) is 0 Å². The number of pyridine rings is 1. The highest BCUT2D eigenvalue weighted by atomic mass is 19.4. The summed E-state index contributed by atoms with van der Waals surface area (Å²) in [6.45, 7) is 3.39. The smallest absolute Gasteiger partial charge is 0.384 e. The lowest BCUT2D eigenvalue weighted by Gasteiger charge is -2.27. The number of hydrogen-bond acceptors (Lipinski definition) is 3. The number of nitrogens with zero attached hydrogens (tertiary/aromatic N) is 2. The quantitative estimate of drug-likeness (QED) is 0.921. The summed E-state index contributed by atoms with van der Waals surface area (Å²) in [5.41, 5.74) is 6.10. The van der Waals surface area contributed by atoms with Crippen molar-refractivity contribution in [3.05, 3.63) is 23.4 Å². The molecule has 0 aliphatic heterocycles. The topological polar surface area (TPSA) is 59.2 Å². The molecule has 1 heterocycles. The number of alkyl halides is 3. The van der Waals surface area contributed by atoms with Gasteiger partial charge in [-0.15, -0.1) is 0 Å². The number of carbonyl (C=O) groups is 1. The molecule has 1 rings (SSSR count). The van der Waals surface area contributed by atoms with E-state index in [0.29, 0.717) is 5.69 Å². The summed E-state index contributed by atoms with van der Waals surface area (Å²) in [4.78, 5) is 16.7. The van der Waals surface area contributed by atoms with Crippen LogP contribution in [0.25, 0.3) is 0 Å². The van der Waals surface area contributed by atoms with Crippen LogP contribution in [0.4, 0.5) is 19.0 Å². The van der Waals surface area contributed by atoms with Crippen LogP contribution in [0.2, 0.25) is 0 Å². The zero-order valence-corrected chi connectivity index (χ0v) is 11.0. The van der Waals surface area contributed by atoms with E-state index in [0.717, 1.165) is 4.90 Å². The first-order valence-corrected chi connectivity index (χ1v) is 5.72. The molecule has 0 saturated heterocycles. The molecule has 19 heavy (non-hydrogen) atoms. The van der Waals surface area contributed by atoms with Crippen LogP contribution >= 0.6 is 0 Å². The molecule has 1 aromatic heterocycles. The second kappa shape index (κ2) is 5.46. The van der Waals surface area contributed by atoms with Crippen molar-refractivity contribution in [2.24, 2.45) is 0 Å². The Kier molecular flexibility index (Phi) is 4.39. The molecule has 0 unspecified atom stereocenters. The van der Waals surface area contributed by atoms with E-state index in [1.54, 1.807) is 6.92 Å². The van der Waals surface area contributed by atoms with Crippen LogP contribution in [0.1, 0.15) is 29.9 Å². The maximum Gasteiger partial charge on any atom is 0.406 e. The van der Waals surface area contributed by atoms with Crippen molar-refractivity contribution in [1.29, 1.82) is 0 Å². The Labute approximate surface area is 109 Å². The Hall–Kier alpha value is -1.79. The molecule has 0 atom stereocenters. The van der Waals surface area contributed by atoms with Gasteiger partial charge in [-0.1, -0.05) is 0 Å². The Balaban J connectivity index is 3.06. The van der Waals surface area contributed by atoms with Crippen molar-refractivity contribution in [1.82, 2.24) is 9.88 Å². The number of aryl methyl sites for hydroxylation is 1. The summed E-state index contributed by atoms with van der Waals surface area (Å²) < 4.78 is 37.4. The molecule has 7 heteroatoms. The first-order valence-electron chi connectivity index (χ1n) is 5.72. The van der Waals surface area contributed by atoms with Crippen molar-refractivity contribution in [2.45, 2.75) is 33.0 Å². The Morgan fingerprint density at radius 3 is 2.42 bits per heavy atom. The number of rotatable bonds is 3. The minimum absolute atomic E-state index is 0.110. The minimum Gasteiger partial charge on any atom is -0.384 e. The average Bonchev–Trinajstić information content (AvgIpc) is 2.22. The summed E-state index contributed by atoms with van der Waals surface area (Å²) >= 11 is 0. The Bertz CT molecular complexity index is 452. The molecule has 0 aromatic carbocycles. The number of aromatic nitrogens is 1. The van der Waals surface area contributed by atoms with Gasteiger partial charge in [-0.05, 0) is 32.9 Å². The summed E-state index contributed by atoms with van der Waals surface area (Å²) in [5, 5.41) is 0. The molecule has 2 N–H and O–H groups in total. The highest BCUT2D eigenvalue weighted by Gasteiger charge is 2.34. The first kappa shape index (κ1) is 15.3. The maximum absolute atomic E-state index is 12.5. The van der Waals surface area contributed by atoms with Gasteiger partial charge in [0.25, 0.3) is 5.91 Å². The molecule has 0 spiro atoms. The fourth-order valence-electron chi connectivity index (χ4n) is 1.67. The number of nitrogens with two attached hydrogens (primary N) is 1. The second-order valence-electron chi connectivity index (χ2n) is 4.56. The van der Waals surface area contributed by atoms with E-state index in [4.69, 9.17) is 5.73 Å². The molecule has 1 aromatic rings. The third-order valence-electron chi connectivity index (χ3n) is 2.45. The SMILES string of the molecule is Cc1cc(C(=O)N(CC(F)(F)F)C(C)C)cc(N)n1. The van der Waals surface area contributed by atoms with Gasteiger partial charge in [0.2, 0.25) is 0 Å². The Morgan fingerprint density at radius 2 is 2.00 bits per heavy atom. The third-order valence-corrected chi connectivity index (χ3v) is 2.45. The highest BCUT2D eigenvalue weighted by Crippen LogP contribution is 2.20. The van der Waals surface area contributed by atoms with Crippen LogP contribution in [-0.2, 0) is 0 Å². The summed E-state index contributed by atoms with van der Waals surface area (Å²) in [7, 11) is 0. The predicted octanol–water partition coefficient (Wildman–Crippen LogP) is 2.39. The van der Waals surface area contributed by atoms with Gasteiger partial charge in [0, 0.05) is 17.3 Å². The zero-order chi connectivity index (χ0) is 14.8. The van der Waals surface area contributed by atoms with Crippen LogP contribution in [0.15, 0.2) is 12.1 Å². The van der Waals surface area contributed by atoms with Gasteiger partial charge in [-0.2, -0.15) is 13.2 Å². The molecule has 0 radical (unpaired) electrons. The number of nitrogen functional groups attached to an aromatic ring is 1. The normalized spacial score (nSPS) is 11.7. The molecule has 0 aliphatic carbocycles. The molecule has 0 bridgehead atoms. The van der Waals surface area contributed by atoms with Gasteiger partial charge < -0.3 is 10.6 Å². The molecule has 0 fully saturated rings. The number of anilines is 1. The fourth-order valence-corrected chi connectivity index (χ4v) is 1.67. The van der Waals surface area contributed by atoms with Crippen LogP contribution in [0, 0.1) is 6.92 Å². The van der Waals surface area contributed by atoms with Gasteiger partial charge in [0.05, 0.1) is 0 Å². The van der Waals surface area contributed by atoms with E-state index in [-0.39, 0.29) is 11.4 Å². The highest BCUT2D eigenvalue weighted by molar-refractivity contribution is 5.95. The van der Waals surface area contributed by atoms with Crippen molar-refractivity contribution in [3.8, 4) is 0 Å². The standard InChI is InChI=1S/C12H16F3N3O/c1-7(2)18(6-12(13,14)15)11(19)9-4-8(3)17-10(16)5-9/h4-5,7H,6H2,1-3H3,(H2,16,17).